The molecule has 1 aliphatic rings. The molecule has 0 fully saturated rings. The van der Waals surface area contributed by atoms with Crippen molar-refractivity contribution >= 4 is 21.7 Å². The van der Waals surface area contributed by atoms with Crippen LogP contribution in [-0.4, -0.2) is 15.6 Å². The summed E-state index contributed by atoms with van der Waals surface area (Å²) in [5.41, 5.74) is 1.51. The van der Waals surface area contributed by atoms with Gasteiger partial charge in [-0.2, -0.15) is 9.78 Å². The second-order valence-electron chi connectivity index (χ2n) is 6.19. The van der Waals surface area contributed by atoms with Gasteiger partial charge in [0.1, 0.15) is 5.69 Å². The molecule has 1 aromatic carbocycles. The summed E-state index contributed by atoms with van der Waals surface area (Å²) >= 11 is 3.38. The van der Waals surface area contributed by atoms with Crippen molar-refractivity contribution in [1.29, 1.82) is 0 Å². The van der Waals surface area contributed by atoms with Crippen molar-refractivity contribution in [1.82, 2.24) is 9.78 Å². The minimum Gasteiger partial charge on any atom is -0.292 e. The second kappa shape index (κ2) is 4.91. The summed E-state index contributed by atoms with van der Waals surface area (Å²) in [6, 6.07) is 8.85. The monoisotopic (exact) mass is 346 g/mol. The van der Waals surface area contributed by atoms with Crippen molar-refractivity contribution in [3.05, 3.63) is 56.4 Å². The van der Waals surface area contributed by atoms with E-state index >= 15 is 0 Å². The van der Waals surface area contributed by atoms with Crippen LogP contribution in [-0.2, 0) is 6.42 Å². The van der Waals surface area contributed by atoms with E-state index in [0.29, 0.717) is 24.2 Å². The smallest absolute Gasteiger partial charge is 0.271 e. The zero-order chi connectivity index (χ0) is 15.2. The zero-order valence-corrected chi connectivity index (χ0v) is 13.5. The van der Waals surface area contributed by atoms with E-state index in [2.05, 4.69) is 21.0 Å². The quantitative estimate of drug-likeness (QED) is 0.796. The highest BCUT2D eigenvalue weighted by Gasteiger charge is 2.32. The maximum atomic E-state index is 12.3. The Morgan fingerprint density at radius 3 is 2.67 bits per heavy atom. The molecule has 0 aliphatic heterocycles. The number of carbonyl (C=O) groups is 1. The van der Waals surface area contributed by atoms with Gasteiger partial charge in [-0.1, -0.05) is 35.8 Å². The Bertz CT molecular complexity index is 793. The molecule has 1 heterocycles. The summed E-state index contributed by atoms with van der Waals surface area (Å²) in [7, 11) is 0. The molecule has 0 saturated heterocycles. The van der Waals surface area contributed by atoms with Gasteiger partial charge in [-0.15, -0.1) is 0 Å². The van der Waals surface area contributed by atoms with E-state index in [4.69, 9.17) is 0 Å². The second-order valence-corrected chi connectivity index (χ2v) is 7.10. The number of fused-ring (bicyclic) bond motifs is 1. The average Bonchev–Trinajstić information content (AvgIpc) is 2.36. The number of rotatable bonds is 1. The Balaban J connectivity index is 2.17. The van der Waals surface area contributed by atoms with Gasteiger partial charge in [0.25, 0.3) is 5.56 Å². The molecule has 0 saturated carbocycles. The van der Waals surface area contributed by atoms with Gasteiger partial charge < -0.3 is 0 Å². The van der Waals surface area contributed by atoms with Gasteiger partial charge >= 0.3 is 0 Å². The van der Waals surface area contributed by atoms with Crippen LogP contribution in [0.3, 0.4) is 0 Å². The van der Waals surface area contributed by atoms with E-state index < -0.39 is 0 Å². The summed E-state index contributed by atoms with van der Waals surface area (Å²) < 4.78 is 2.15. The van der Waals surface area contributed by atoms with Crippen LogP contribution < -0.4 is 5.56 Å². The number of aromatic nitrogens is 2. The van der Waals surface area contributed by atoms with Crippen LogP contribution in [0.15, 0.2) is 39.6 Å². The molecule has 0 spiro atoms. The van der Waals surface area contributed by atoms with Crippen LogP contribution >= 0.6 is 15.9 Å². The Kier molecular flexibility index (Phi) is 3.32. The predicted molar refractivity (Wildman–Crippen MR) is 84.0 cm³/mol. The van der Waals surface area contributed by atoms with Crippen molar-refractivity contribution in [2.45, 2.75) is 26.7 Å². The summed E-state index contributed by atoms with van der Waals surface area (Å²) in [5.74, 6) is 0.00463. The molecule has 0 bridgehead atoms. The topological polar surface area (TPSA) is 52.0 Å². The van der Waals surface area contributed by atoms with E-state index in [1.54, 1.807) is 18.2 Å². The standard InChI is InChI=1S/C16H15BrN2O2/c1-16(2)8-10-6-14(21)19(18-15(10)13(20)9-16)12-5-3-4-11(17)7-12/h3-7H,8-9H2,1-2H3. The van der Waals surface area contributed by atoms with Crippen LogP contribution in [0.4, 0.5) is 0 Å². The number of Topliss-reactive ketones (excluding diaryl/α,β-unsaturated/α-hetero) is 1. The number of benzene rings is 1. The molecule has 3 rings (SSSR count). The first-order valence-electron chi connectivity index (χ1n) is 6.78. The van der Waals surface area contributed by atoms with Crippen LogP contribution in [0.25, 0.3) is 5.69 Å². The highest BCUT2D eigenvalue weighted by Crippen LogP contribution is 2.33. The largest absolute Gasteiger partial charge is 0.292 e. The fourth-order valence-electron chi connectivity index (χ4n) is 2.75. The first-order chi connectivity index (χ1) is 9.85. The van der Waals surface area contributed by atoms with Gasteiger partial charge in [0.15, 0.2) is 5.78 Å². The van der Waals surface area contributed by atoms with Crippen LogP contribution in [0, 0.1) is 5.41 Å². The molecule has 1 aromatic heterocycles. The van der Waals surface area contributed by atoms with Gasteiger partial charge in [0, 0.05) is 17.0 Å². The maximum absolute atomic E-state index is 12.3. The maximum Gasteiger partial charge on any atom is 0.271 e. The number of halogens is 1. The molecular formula is C16H15BrN2O2. The SMILES string of the molecule is CC1(C)CC(=O)c2nn(-c3cccc(Br)c3)c(=O)cc2C1. The molecule has 0 N–H and O–H groups in total. The van der Waals surface area contributed by atoms with Crippen molar-refractivity contribution in [2.24, 2.45) is 5.41 Å². The third-order valence-corrected chi connectivity index (χ3v) is 4.13. The third-order valence-electron chi connectivity index (χ3n) is 3.64. The molecule has 108 valence electrons. The van der Waals surface area contributed by atoms with Gasteiger partial charge in [0.05, 0.1) is 5.69 Å². The minimum absolute atomic E-state index is 0.00463. The van der Waals surface area contributed by atoms with Gasteiger partial charge in [0.2, 0.25) is 0 Å². The molecule has 2 aromatic rings. The lowest BCUT2D eigenvalue weighted by atomic mass is 9.75. The predicted octanol–water partition coefficient (Wildman–Crippen LogP) is 3.15. The van der Waals surface area contributed by atoms with Gasteiger partial charge in [-0.3, -0.25) is 9.59 Å². The van der Waals surface area contributed by atoms with Gasteiger partial charge in [-0.05, 0) is 35.6 Å². The third kappa shape index (κ3) is 2.70. The number of nitrogens with zero attached hydrogens (tertiary/aromatic N) is 2. The highest BCUT2D eigenvalue weighted by molar-refractivity contribution is 9.10. The van der Waals surface area contributed by atoms with E-state index in [1.165, 1.54) is 4.68 Å². The highest BCUT2D eigenvalue weighted by atomic mass is 79.9. The number of hydrogen-bond acceptors (Lipinski definition) is 3. The molecule has 21 heavy (non-hydrogen) atoms. The van der Waals surface area contributed by atoms with Crippen molar-refractivity contribution in [3.63, 3.8) is 0 Å². The fraction of sp³-hybridized carbons (Fsp3) is 0.312. The molecule has 4 nitrogen and oxygen atoms in total. The first kappa shape index (κ1) is 14.2. The summed E-state index contributed by atoms with van der Waals surface area (Å²) in [6.07, 6.45) is 1.17. The molecular weight excluding hydrogens is 332 g/mol. The van der Waals surface area contributed by atoms with Gasteiger partial charge in [-0.25, -0.2) is 0 Å². The molecule has 0 atom stereocenters. The average molecular weight is 347 g/mol. The zero-order valence-electron chi connectivity index (χ0n) is 11.9. The number of hydrogen-bond donors (Lipinski definition) is 0. The fourth-order valence-corrected chi connectivity index (χ4v) is 3.14. The molecule has 5 heteroatoms. The Morgan fingerprint density at radius 1 is 1.19 bits per heavy atom. The van der Waals surface area contributed by atoms with Crippen molar-refractivity contribution in [2.75, 3.05) is 0 Å². The minimum atomic E-state index is -0.211. The van der Waals surface area contributed by atoms with Crippen LogP contribution in [0.5, 0.6) is 0 Å². The molecule has 0 amide bonds. The Hall–Kier alpha value is -1.75. The molecule has 0 radical (unpaired) electrons. The summed E-state index contributed by atoms with van der Waals surface area (Å²) in [6.45, 7) is 4.07. The van der Waals surface area contributed by atoms with E-state index in [0.717, 1.165) is 10.0 Å². The number of carbonyl (C=O) groups excluding carboxylic acids is 1. The lowest BCUT2D eigenvalue weighted by Crippen LogP contribution is -2.33. The normalized spacial score (nSPS) is 16.6. The van der Waals surface area contributed by atoms with E-state index in [9.17, 15) is 9.59 Å². The number of ketones is 1. The molecule has 1 aliphatic carbocycles. The summed E-state index contributed by atoms with van der Waals surface area (Å²) in [4.78, 5) is 24.6. The van der Waals surface area contributed by atoms with E-state index in [1.807, 2.05) is 26.0 Å². The summed E-state index contributed by atoms with van der Waals surface area (Å²) in [5, 5.41) is 4.30. The lowest BCUT2D eigenvalue weighted by molar-refractivity contribution is 0.0903. The van der Waals surface area contributed by atoms with E-state index in [-0.39, 0.29) is 16.8 Å². The lowest BCUT2D eigenvalue weighted by Gasteiger charge is -2.29. The van der Waals surface area contributed by atoms with Crippen LogP contribution in [0.2, 0.25) is 0 Å². The van der Waals surface area contributed by atoms with Crippen molar-refractivity contribution < 1.29 is 4.79 Å². The van der Waals surface area contributed by atoms with Crippen LogP contribution in [0.1, 0.15) is 36.3 Å². The van der Waals surface area contributed by atoms with Crippen molar-refractivity contribution in [3.8, 4) is 5.69 Å². The molecule has 0 unspecified atom stereocenters. The first-order valence-corrected chi connectivity index (χ1v) is 7.57. The Labute approximate surface area is 130 Å². The Morgan fingerprint density at radius 2 is 1.95 bits per heavy atom.